The van der Waals surface area contributed by atoms with Gasteiger partial charge in [0.25, 0.3) is 0 Å². The number of para-hydroxylation sites is 1. The Labute approximate surface area is 70.8 Å². The van der Waals surface area contributed by atoms with Gasteiger partial charge in [0, 0.05) is 5.69 Å². The lowest BCUT2D eigenvalue weighted by Crippen LogP contribution is -1.79. The first-order valence-electron chi connectivity index (χ1n) is 3.54. The third-order valence-electron chi connectivity index (χ3n) is 1.15. The molecule has 0 aliphatic heterocycles. The number of hydrogen-bond donors (Lipinski definition) is 1. The summed E-state index contributed by atoms with van der Waals surface area (Å²) in [6.45, 7) is 0. The largest absolute Gasteiger partial charge is 0.399 e. The Balaban J connectivity index is 0.000000127. The molecule has 0 saturated heterocycles. The van der Waals surface area contributed by atoms with Crippen molar-refractivity contribution in [1.82, 2.24) is 5.16 Å². The maximum atomic E-state index is 5.36. The van der Waals surface area contributed by atoms with E-state index >= 15 is 0 Å². The van der Waals surface area contributed by atoms with Gasteiger partial charge in [0.05, 0.1) is 6.20 Å². The Morgan fingerprint density at radius 1 is 1.08 bits per heavy atom. The molecule has 0 unspecified atom stereocenters. The lowest BCUT2D eigenvalue weighted by atomic mass is 10.3. The zero-order chi connectivity index (χ0) is 8.65. The molecule has 12 heavy (non-hydrogen) atoms. The number of benzene rings is 1. The molecule has 1 aromatic carbocycles. The summed E-state index contributed by atoms with van der Waals surface area (Å²) in [5.74, 6) is 0. The first-order chi connectivity index (χ1) is 5.89. The van der Waals surface area contributed by atoms with Gasteiger partial charge >= 0.3 is 0 Å². The topological polar surface area (TPSA) is 52.0 Å². The van der Waals surface area contributed by atoms with Crippen molar-refractivity contribution < 1.29 is 4.52 Å². The average Bonchev–Trinajstić information content (AvgIpc) is 2.62. The molecule has 0 radical (unpaired) electrons. The van der Waals surface area contributed by atoms with E-state index in [9.17, 15) is 0 Å². The Kier molecular flexibility index (Phi) is 3.44. The van der Waals surface area contributed by atoms with Gasteiger partial charge in [-0.2, -0.15) is 0 Å². The number of nitrogens with two attached hydrogens (primary N) is 1. The number of hydrogen-bond acceptors (Lipinski definition) is 3. The molecular formula is C9H10N2O. The van der Waals surface area contributed by atoms with Gasteiger partial charge in [-0.05, 0) is 18.2 Å². The van der Waals surface area contributed by atoms with Crippen LogP contribution in [0.25, 0.3) is 0 Å². The minimum atomic E-state index is 0.822. The van der Waals surface area contributed by atoms with Crippen LogP contribution in [0.3, 0.4) is 0 Å². The molecule has 0 aliphatic carbocycles. The molecule has 0 saturated carbocycles. The molecule has 0 bridgehead atoms. The lowest BCUT2D eigenvalue weighted by molar-refractivity contribution is 0.420. The van der Waals surface area contributed by atoms with Gasteiger partial charge in [0.15, 0.2) is 0 Å². The van der Waals surface area contributed by atoms with E-state index in [4.69, 9.17) is 5.73 Å². The summed E-state index contributed by atoms with van der Waals surface area (Å²) in [5, 5.41) is 3.35. The molecule has 3 nitrogen and oxygen atoms in total. The highest BCUT2D eigenvalue weighted by Gasteiger charge is 1.72. The van der Waals surface area contributed by atoms with Gasteiger partial charge in [0.1, 0.15) is 6.26 Å². The van der Waals surface area contributed by atoms with Gasteiger partial charge in [-0.25, -0.2) is 0 Å². The fourth-order valence-electron chi connectivity index (χ4n) is 0.629. The van der Waals surface area contributed by atoms with Crippen LogP contribution < -0.4 is 5.73 Å². The molecule has 2 aromatic rings. The number of nitrogen functional groups attached to an aromatic ring is 1. The number of aromatic nitrogens is 1. The normalized spacial score (nSPS) is 8.33. The van der Waals surface area contributed by atoms with E-state index in [1.807, 2.05) is 30.3 Å². The molecule has 0 atom stereocenters. The predicted molar refractivity (Wildman–Crippen MR) is 47.4 cm³/mol. The first kappa shape index (κ1) is 8.33. The summed E-state index contributed by atoms with van der Waals surface area (Å²) < 4.78 is 4.33. The van der Waals surface area contributed by atoms with Crippen LogP contribution in [0.5, 0.6) is 0 Å². The Morgan fingerprint density at radius 2 is 1.83 bits per heavy atom. The second kappa shape index (κ2) is 4.96. The lowest BCUT2D eigenvalue weighted by Gasteiger charge is -1.83. The van der Waals surface area contributed by atoms with Crippen molar-refractivity contribution in [3.05, 3.63) is 48.9 Å². The van der Waals surface area contributed by atoms with Crippen molar-refractivity contribution in [2.75, 3.05) is 5.73 Å². The van der Waals surface area contributed by atoms with E-state index in [-0.39, 0.29) is 0 Å². The van der Waals surface area contributed by atoms with Crippen LogP contribution in [0.4, 0.5) is 5.69 Å². The number of anilines is 1. The minimum Gasteiger partial charge on any atom is -0.399 e. The minimum absolute atomic E-state index is 0.822. The molecule has 2 N–H and O–H groups in total. The maximum absolute atomic E-state index is 5.36. The van der Waals surface area contributed by atoms with Crippen LogP contribution in [-0.2, 0) is 0 Å². The highest BCUT2D eigenvalue weighted by molar-refractivity contribution is 5.35. The second-order valence-corrected chi connectivity index (χ2v) is 2.10. The van der Waals surface area contributed by atoms with Crippen molar-refractivity contribution in [2.24, 2.45) is 0 Å². The zero-order valence-electron chi connectivity index (χ0n) is 6.55. The molecule has 1 heterocycles. The van der Waals surface area contributed by atoms with Crippen LogP contribution in [0, 0.1) is 0 Å². The van der Waals surface area contributed by atoms with E-state index in [2.05, 4.69) is 9.68 Å². The summed E-state index contributed by atoms with van der Waals surface area (Å²) >= 11 is 0. The third-order valence-corrected chi connectivity index (χ3v) is 1.15. The quantitative estimate of drug-likeness (QED) is 0.602. The van der Waals surface area contributed by atoms with Crippen LogP contribution in [0.2, 0.25) is 0 Å². The summed E-state index contributed by atoms with van der Waals surface area (Å²) in [6.07, 6.45) is 3.10. The summed E-state index contributed by atoms with van der Waals surface area (Å²) in [5.41, 5.74) is 6.18. The summed E-state index contributed by atoms with van der Waals surface area (Å²) in [6, 6.07) is 11.2. The van der Waals surface area contributed by atoms with E-state index in [0.29, 0.717) is 0 Å². The van der Waals surface area contributed by atoms with Crippen molar-refractivity contribution in [1.29, 1.82) is 0 Å². The van der Waals surface area contributed by atoms with Crippen molar-refractivity contribution >= 4 is 5.69 Å². The van der Waals surface area contributed by atoms with E-state index in [1.165, 1.54) is 6.26 Å². The standard InChI is InChI=1S/C6H7N.C3H3NO/c7-6-4-2-1-3-5-6;1-2-4-5-3-1/h1-5H,7H2;1-3H. The van der Waals surface area contributed by atoms with Crippen LogP contribution in [0.1, 0.15) is 0 Å². The number of nitrogens with zero attached hydrogens (tertiary/aromatic N) is 1. The fraction of sp³-hybridized carbons (Fsp3) is 0. The van der Waals surface area contributed by atoms with E-state index in [0.717, 1.165) is 5.69 Å². The van der Waals surface area contributed by atoms with Crippen molar-refractivity contribution in [3.63, 3.8) is 0 Å². The highest BCUT2D eigenvalue weighted by Crippen LogP contribution is 1.95. The monoisotopic (exact) mass is 162 g/mol. The van der Waals surface area contributed by atoms with Crippen LogP contribution in [-0.4, -0.2) is 5.16 Å². The molecule has 0 aliphatic rings. The van der Waals surface area contributed by atoms with Gasteiger partial charge in [-0.15, -0.1) is 0 Å². The van der Waals surface area contributed by atoms with Gasteiger partial charge in [-0.1, -0.05) is 23.4 Å². The maximum Gasteiger partial charge on any atom is 0.123 e. The molecule has 0 spiro atoms. The molecular weight excluding hydrogens is 152 g/mol. The van der Waals surface area contributed by atoms with Gasteiger partial charge in [0.2, 0.25) is 0 Å². The average molecular weight is 162 g/mol. The fourth-order valence-corrected chi connectivity index (χ4v) is 0.629. The summed E-state index contributed by atoms with van der Waals surface area (Å²) in [7, 11) is 0. The van der Waals surface area contributed by atoms with Crippen molar-refractivity contribution in [2.45, 2.75) is 0 Å². The Morgan fingerprint density at radius 3 is 2.08 bits per heavy atom. The molecule has 3 heteroatoms. The Hall–Kier alpha value is -1.77. The van der Waals surface area contributed by atoms with Crippen molar-refractivity contribution in [3.8, 4) is 0 Å². The third kappa shape index (κ3) is 3.41. The molecule has 1 aromatic heterocycles. The first-order valence-corrected chi connectivity index (χ1v) is 3.54. The van der Waals surface area contributed by atoms with Gasteiger partial charge < -0.3 is 10.3 Å². The number of rotatable bonds is 0. The smallest absolute Gasteiger partial charge is 0.123 e. The molecule has 0 fully saturated rings. The SMILES string of the molecule is Nc1ccccc1.c1cnoc1. The van der Waals surface area contributed by atoms with E-state index in [1.54, 1.807) is 12.3 Å². The van der Waals surface area contributed by atoms with E-state index < -0.39 is 0 Å². The Bertz CT molecular complexity index is 261. The molecule has 0 amide bonds. The van der Waals surface area contributed by atoms with Gasteiger partial charge in [-0.3, -0.25) is 0 Å². The zero-order valence-corrected chi connectivity index (χ0v) is 6.55. The molecule has 62 valence electrons. The second-order valence-electron chi connectivity index (χ2n) is 2.10. The summed E-state index contributed by atoms with van der Waals surface area (Å²) in [4.78, 5) is 0. The predicted octanol–water partition coefficient (Wildman–Crippen LogP) is 1.94. The van der Waals surface area contributed by atoms with Crippen LogP contribution >= 0.6 is 0 Å². The van der Waals surface area contributed by atoms with Crippen LogP contribution in [0.15, 0.2) is 53.4 Å². The molecule has 2 rings (SSSR count). The highest BCUT2D eigenvalue weighted by atomic mass is 16.5.